The van der Waals surface area contributed by atoms with Crippen molar-refractivity contribution < 1.29 is 9.59 Å². The third kappa shape index (κ3) is 3.65. The molecule has 1 aromatic carbocycles. The second-order valence-corrected chi connectivity index (χ2v) is 5.95. The number of Topliss-reactive ketones (excluding diaryl/α,β-unsaturated/α-hetero) is 1. The van der Waals surface area contributed by atoms with Crippen molar-refractivity contribution in [1.82, 2.24) is 0 Å². The fraction of sp³-hybridized carbons (Fsp3) is 0.529. The molecular formula is C17H22ClNO2. The van der Waals surface area contributed by atoms with Gasteiger partial charge in [0.25, 0.3) is 11.7 Å². The molecule has 4 heteroatoms. The van der Waals surface area contributed by atoms with E-state index in [1.165, 1.54) is 32.1 Å². The molecule has 0 spiro atoms. The van der Waals surface area contributed by atoms with E-state index in [9.17, 15) is 9.59 Å². The van der Waals surface area contributed by atoms with Crippen LogP contribution in [0.1, 0.15) is 62.2 Å². The number of rotatable bonds is 8. The van der Waals surface area contributed by atoms with Gasteiger partial charge in [-0.2, -0.15) is 0 Å². The van der Waals surface area contributed by atoms with Gasteiger partial charge in [0.2, 0.25) is 0 Å². The molecule has 0 aromatic heterocycles. The van der Waals surface area contributed by atoms with Gasteiger partial charge in [0, 0.05) is 6.54 Å². The smallest absolute Gasteiger partial charge is 0.299 e. The molecule has 114 valence electrons. The minimum atomic E-state index is -0.441. The molecule has 0 saturated heterocycles. The number of amides is 1. The SMILES string of the molecule is CCCCCCCCCN1C(=O)C(=O)c2cccc(Cl)c21. The number of ketones is 1. The summed E-state index contributed by atoms with van der Waals surface area (Å²) in [6.45, 7) is 2.78. The predicted octanol–water partition coefficient (Wildman–Crippen LogP) is 4.62. The van der Waals surface area contributed by atoms with Crippen molar-refractivity contribution >= 4 is 29.0 Å². The van der Waals surface area contributed by atoms with Gasteiger partial charge in [-0.3, -0.25) is 9.59 Å². The third-order valence-electron chi connectivity index (χ3n) is 3.93. The van der Waals surface area contributed by atoms with Gasteiger partial charge < -0.3 is 4.90 Å². The number of hydrogen-bond donors (Lipinski definition) is 0. The first-order valence-corrected chi connectivity index (χ1v) is 8.19. The number of carbonyl (C=O) groups is 2. The minimum absolute atomic E-state index is 0.435. The van der Waals surface area contributed by atoms with Crippen LogP contribution in [0.15, 0.2) is 18.2 Å². The second kappa shape index (κ2) is 7.60. The van der Waals surface area contributed by atoms with Gasteiger partial charge in [-0.25, -0.2) is 0 Å². The fourth-order valence-corrected chi connectivity index (χ4v) is 3.03. The summed E-state index contributed by atoms with van der Waals surface area (Å²) in [5, 5.41) is 0.481. The molecule has 1 heterocycles. The van der Waals surface area contributed by atoms with Gasteiger partial charge in [0.05, 0.1) is 16.3 Å². The van der Waals surface area contributed by atoms with Crippen LogP contribution in [0.3, 0.4) is 0 Å². The number of para-hydroxylation sites is 1. The lowest BCUT2D eigenvalue weighted by molar-refractivity contribution is -0.114. The molecule has 1 aliphatic rings. The Labute approximate surface area is 131 Å². The zero-order chi connectivity index (χ0) is 15.2. The molecule has 0 fully saturated rings. The molecule has 0 aliphatic carbocycles. The first-order chi connectivity index (χ1) is 10.2. The first kappa shape index (κ1) is 16.0. The molecule has 0 unspecified atom stereocenters. The molecule has 0 atom stereocenters. The lowest BCUT2D eigenvalue weighted by Crippen LogP contribution is -2.30. The third-order valence-corrected chi connectivity index (χ3v) is 4.23. The van der Waals surface area contributed by atoms with Crippen LogP contribution in [0.4, 0.5) is 5.69 Å². The highest BCUT2D eigenvalue weighted by Crippen LogP contribution is 2.35. The van der Waals surface area contributed by atoms with Gasteiger partial charge in [-0.15, -0.1) is 0 Å². The van der Waals surface area contributed by atoms with E-state index in [1.54, 1.807) is 23.1 Å². The van der Waals surface area contributed by atoms with E-state index in [-0.39, 0.29) is 0 Å². The van der Waals surface area contributed by atoms with E-state index in [4.69, 9.17) is 11.6 Å². The second-order valence-electron chi connectivity index (χ2n) is 5.54. The van der Waals surface area contributed by atoms with E-state index < -0.39 is 11.7 Å². The predicted molar refractivity (Wildman–Crippen MR) is 86.1 cm³/mol. The van der Waals surface area contributed by atoms with E-state index in [2.05, 4.69) is 6.92 Å². The summed E-state index contributed by atoms with van der Waals surface area (Å²) in [5.41, 5.74) is 1.04. The molecule has 1 aliphatic heterocycles. The molecule has 1 amide bonds. The van der Waals surface area contributed by atoms with Crippen molar-refractivity contribution in [3.63, 3.8) is 0 Å². The Bertz CT molecular complexity index is 528. The summed E-state index contributed by atoms with van der Waals surface area (Å²) < 4.78 is 0. The van der Waals surface area contributed by atoms with Crippen LogP contribution in [0.25, 0.3) is 0 Å². The van der Waals surface area contributed by atoms with Gasteiger partial charge in [0.1, 0.15) is 0 Å². The summed E-state index contributed by atoms with van der Waals surface area (Å²) in [5.74, 6) is -0.875. The van der Waals surface area contributed by atoms with Crippen molar-refractivity contribution in [3.05, 3.63) is 28.8 Å². The minimum Gasteiger partial charge on any atom is -0.303 e. The van der Waals surface area contributed by atoms with Crippen LogP contribution in [0, 0.1) is 0 Å². The lowest BCUT2D eigenvalue weighted by atomic mass is 10.1. The molecule has 21 heavy (non-hydrogen) atoms. The Kier molecular flexibility index (Phi) is 5.80. The summed E-state index contributed by atoms with van der Waals surface area (Å²) in [7, 11) is 0. The quantitative estimate of drug-likeness (QED) is 0.519. The monoisotopic (exact) mass is 307 g/mol. The van der Waals surface area contributed by atoms with Crippen molar-refractivity contribution in [2.75, 3.05) is 11.4 Å². The first-order valence-electron chi connectivity index (χ1n) is 7.81. The Hall–Kier alpha value is -1.35. The van der Waals surface area contributed by atoms with Gasteiger partial charge in [-0.1, -0.05) is 63.1 Å². The molecule has 0 bridgehead atoms. The van der Waals surface area contributed by atoms with Crippen LogP contribution >= 0.6 is 11.6 Å². The van der Waals surface area contributed by atoms with E-state index in [0.29, 0.717) is 22.8 Å². The average molecular weight is 308 g/mol. The molecule has 1 aromatic rings. The molecular weight excluding hydrogens is 286 g/mol. The van der Waals surface area contributed by atoms with Gasteiger partial charge in [0.15, 0.2) is 0 Å². The Morgan fingerprint density at radius 1 is 1.00 bits per heavy atom. The highest BCUT2D eigenvalue weighted by molar-refractivity contribution is 6.54. The summed E-state index contributed by atoms with van der Waals surface area (Å²) in [6.07, 6.45) is 8.26. The topological polar surface area (TPSA) is 37.4 Å². The Balaban J connectivity index is 1.87. The Morgan fingerprint density at radius 2 is 1.67 bits per heavy atom. The summed E-state index contributed by atoms with van der Waals surface area (Å²) in [6, 6.07) is 5.11. The maximum atomic E-state index is 12.0. The molecule has 3 nitrogen and oxygen atoms in total. The van der Waals surface area contributed by atoms with Crippen molar-refractivity contribution in [1.29, 1.82) is 0 Å². The maximum Gasteiger partial charge on any atom is 0.299 e. The highest BCUT2D eigenvalue weighted by atomic mass is 35.5. The van der Waals surface area contributed by atoms with E-state index >= 15 is 0 Å². The van der Waals surface area contributed by atoms with Crippen LogP contribution in [0.2, 0.25) is 5.02 Å². The number of hydrogen-bond acceptors (Lipinski definition) is 2. The van der Waals surface area contributed by atoms with E-state index in [0.717, 1.165) is 12.8 Å². The van der Waals surface area contributed by atoms with E-state index in [1.807, 2.05) is 0 Å². The van der Waals surface area contributed by atoms with Gasteiger partial charge >= 0.3 is 0 Å². The van der Waals surface area contributed by atoms with Crippen LogP contribution in [0.5, 0.6) is 0 Å². The normalized spacial score (nSPS) is 13.9. The van der Waals surface area contributed by atoms with Crippen LogP contribution < -0.4 is 4.90 Å². The number of unbranched alkanes of at least 4 members (excludes halogenated alkanes) is 6. The number of halogens is 1. The zero-order valence-corrected chi connectivity index (χ0v) is 13.3. The summed E-state index contributed by atoms with van der Waals surface area (Å²) >= 11 is 6.15. The molecule has 2 rings (SSSR count). The fourth-order valence-electron chi connectivity index (χ4n) is 2.75. The zero-order valence-electron chi connectivity index (χ0n) is 12.5. The van der Waals surface area contributed by atoms with Crippen molar-refractivity contribution in [3.8, 4) is 0 Å². The lowest BCUT2D eigenvalue weighted by Gasteiger charge is -2.17. The highest BCUT2D eigenvalue weighted by Gasteiger charge is 2.36. The number of carbonyl (C=O) groups excluding carboxylic acids is 2. The van der Waals surface area contributed by atoms with Crippen LogP contribution in [-0.2, 0) is 4.79 Å². The maximum absolute atomic E-state index is 12.0. The number of fused-ring (bicyclic) bond motifs is 1. The molecule has 0 saturated carbocycles. The molecule has 0 N–H and O–H groups in total. The number of nitrogens with zero attached hydrogens (tertiary/aromatic N) is 1. The number of benzene rings is 1. The van der Waals surface area contributed by atoms with Gasteiger partial charge in [-0.05, 0) is 18.6 Å². The average Bonchev–Trinajstić information content (AvgIpc) is 2.72. The van der Waals surface area contributed by atoms with Crippen molar-refractivity contribution in [2.45, 2.75) is 51.9 Å². The molecule has 0 radical (unpaired) electrons. The number of anilines is 1. The summed E-state index contributed by atoms with van der Waals surface area (Å²) in [4.78, 5) is 25.5. The largest absolute Gasteiger partial charge is 0.303 e. The van der Waals surface area contributed by atoms with Crippen LogP contribution in [-0.4, -0.2) is 18.2 Å². The Morgan fingerprint density at radius 3 is 2.38 bits per heavy atom. The standard InChI is InChI=1S/C17H22ClNO2/c1-2-3-4-5-6-7-8-12-19-15-13(16(20)17(19)21)10-9-11-14(15)18/h9-11H,2-8,12H2,1H3. The van der Waals surface area contributed by atoms with Crippen molar-refractivity contribution in [2.24, 2.45) is 0 Å².